The van der Waals surface area contributed by atoms with Gasteiger partial charge < -0.3 is 9.84 Å². The molecule has 0 fully saturated rings. The summed E-state index contributed by atoms with van der Waals surface area (Å²) in [7, 11) is 0. The van der Waals surface area contributed by atoms with E-state index in [2.05, 4.69) is 0 Å². The molecule has 0 atom stereocenters. The molecule has 0 radical (unpaired) electrons. The van der Waals surface area contributed by atoms with E-state index in [0.717, 1.165) is 0 Å². The molecule has 0 aliphatic rings. The number of ether oxygens (including phenoxy) is 1. The van der Waals surface area contributed by atoms with Crippen LogP contribution in [0.1, 0.15) is 22.8 Å². The topological polar surface area (TPSA) is 70.3 Å². The van der Waals surface area contributed by atoms with Gasteiger partial charge in [0.15, 0.2) is 0 Å². The second kappa shape index (κ2) is 4.28. The summed E-state index contributed by atoms with van der Waals surface area (Å²) in [5.41, 5.74) is 0.413. The Morgan fingerprint density at radius 1 is 1.57 bits per heavy atom. The normalized spacial score (nSPS) is 9.14. The molecule has 0 spiro atoms. The lowest BCUT2D eigenvalue weighted by Crippen LogP contribution is -2.04. The fourth-order valence-corrected chi connectivity index (χ4v) is 1.01. The third-order valence-corrected chi connectivity index (χ3v) is 1.56. The first-order valence-electron chi connectivity index (χ1n) is 4.08. The number of carbonyl (C=O) groups excluding carboxylic acids is 1. The van der Waals surface area contributed by atoms with Crippen molar-refractivity contribution in [2.24, 2.45) is 0 Å². The van der Waals surface area contributed by atoms with Crippen molar-refractivity contribution in [2.45, 2.75) is 6.92 Å². The van der Waals surface area contributed by atoms with Crippen LogP contribution < -0.4 is 0 Å². The van der Waals surface area contributed by atoms with E-state index in [4.69, 9.17) is 10.00 Å². The average Bonchev–Trinajstić information content (AvgIpc) is 2.17. The zero-order chi connectivity index (χ0) is 10.6. The highest BCUT2D eigenvalue weighted by Gasteiger charge is 2.08. The molecule has 0 aromatic heterocycles. The molecule has 0 heterocycles. The van der Waals surface area contributed by atoms with Gasteiger partial charge in [-0.1, -0.05) is 0 Å². The smallest absolute Gasteiger partial charge is 0.338 e. The van der Waals surface area contributed by atoms with Gasteiger partial charge in [-0.3, -0.25) is 0 Å². The van der Waals surface area contributed by atoms with E-state index in [0.29, 0.717) is 0 Å². The molecule has 0 saturated heterocycles. The number of aromatic hydroxyl groups is 1. The Bertz CT molecular complexity index is 393. The number of hydrogen-bond donors (Lipinski definition) is 1. The number of esters is 1. The third kappa shape index (κ3) is 2.23. The number of nitriles is 1. The molecule has 1 aromatic rings. The molecule has 0 aliphatic heterocycles. The highest BCUT2D eigenvalue weighted by atomic mass is 16.5. The predicted octanol–water partition coefficient (Wildman–Crippen LogP) is 1.44. The zero-order valence-electron chi connectivity index (χ0n) is 7.65. The summed E-state index contributed by atoms with van der Waals surface area (Å²) in [6, 6.07) is 5.75. The number of phenols is 1. The molecule has 4 heteroatoms. The van der Waals surface area contributed by atoms with Crippen LogP contribution in [0.5, 0.6) is 5.75 Å². The SMILES string of the molecule is CCOC(=O)c1cc(O)cc(C#N)c1. The van der Waals surface area contributed by atoms with Crippen molar-refractivity contribution in [1.82, 2.24) is 0 Å². The molecule has 0 saturated carbocycles. The van der Waals surface area contributed by atoms with E-state index in [1.807, 2.05) is 6.07 Å². The summed E-state index contributed by atoms with van der Waals surface area (Å²) >= 11 is 0. The van der Waals surface area contributed by atoms with Crippen molar-refractivity contribution in [3.63, 3.8) is 0 Å². The van der Waals surface area contributed by atoms with Gasteiger partial charge in [0.05, 0.1) is 23.8 Å². The maximum Gasteiger partial charge on any atom is 0.338 e. The van der Waals surface area contributed by atoms with Gasteiger partial charge in [-0.05, 0) is 25.1 Å². The first-order valence-corrected chi connectivity index (χ1v) is 4.08. The lowest BCUT2D eigenvalue weighted by molar-refractivity contribution is 0.0526. The van der Waals surface area contributed by atoms with Gasteiger partial charge in [-0.25, -0.2) is 4.79 Å². The van der Waals surface area contributed by atoms with Crippen molar-refractivity contribution in [3.8, 4) is 11.8 Å². The zero-order valence-corrected chi connectivity index (χ0v) is 7.65. The van der Waals surface area contributed by atoms with E-state index in [1.54, 1.807) is 6.92 Å². The minimum atomic E-state index is -0.542. The van der Waals surface area contributed by atoms with Crippen LogP contribution in [0, 0.1) is 11.3 Å². The Labute approximate surface area is 81.4 Å². The van der Waals surface area contributed by atoms with Crippen LogP contribution in [-0.4, -0.2) is 17.7 Å². The Morgan fingerprint density at radius 3 is 2.86 bits per heavy atom. The number of rotatable bonds is 2. The number of benzene rings is 1. The molecule has 14 heavy (non-hydrogen) atoms. The number of phenolic OH excluding ortho intramolecular Hbond substituents is 1. The fraction of sp³-hybridized carbons (Fsp3) is 0.200. The van der Waals surface area contributed by atoms with Crippen LogP contribution in [0.25, 0.3) is 0 Å². The molecule has 0 amide bonds. The molecule has 1 rings (SSSR count). The van der Waals surface area contributed by atoms with Crippen molar-refractivity contribution in [1.29, 1.82) is 5.26 Å². The Balaban J connectivity index is 3.04. The van der Waals surface area contributed by atoms with Gasteiger partial charge in [0, 0.05) is 0 Å². The van der Waals surface area contributed by atoms with Crippen LogP contribution in [0.15, 0.2) is 18.2 Å². The van der Waals surface area contributed by atoms with Crippen molar-refractivity contribution < 1.29 is 14.6 Å². The molecular weight excluding hydrogens is 182 g/mol. The van der Waals surface area contributed by atoms with Crippen molar-refractivity contribution in [3.05, 3.63) is 29.3 Å². The van der Waals surface area contributed by atoms with Crippen LogP contribution in [0.3, 0.4) is 0 Å². The number of hydrogen-bond acceptors (Lipinski definition) is 4. The van der Waals surface area contributed by atoms with E-state index >= 15 is 0 Å². The predicted molar refractivity (Wildman–Crippen MR) is 48.8 cm³/mol. The average molecular weight is 191 g/mol. The molecule has 72 valence electrons. The highest BCUT2D eigenvalue weighted by molar-refractivity contribution is 5.90. The number of carbonyl (C=O) groups is 1. The first-order chi connectivity index (χ1) is 6.67. The maximum absolute atomic E-state index is 11.2. The van der Waals surface area contributed by atoms with Crippen LogP contribution in [-0.2, 0) is 4.74 Å². The summed E-state index contributed by atoms with van der Waals surface area (Å²) in [5, 5.41) is 17.8. The van der Waals surface area contributed by atoms with Crippen LogP contribution in [0.4, 0.5) is 0 Å². The lowest BCUT2D eigenvalue weighted by Gasteiger charge is -2.02. The molecule has 0 aliphatic carbocycles. The van der Waals surface area contributed by atoms with Crippen molar-refractivity contribution in [2.75, 3.05) is 6.61 Å². The number of nitrogens with zero attached hydrogens (tertiary/aromatic N) is 1. The summed E-state index contributed by atoms with van der Waals surface area (Å²) in [6.45, 7) is 1.95. The lowest BCUT2D eigenvalue weighted by atomic mass is 10.1. The Morgan fingerprint density at radius 2 is 2.29 bits per heavy atom. The van der Waals surface area contributed by atoms with Gasteiger partial charge >= 0.3 is 5.97 Å². The van der Waals surface area contributed by atoms with Crippen molar-refractivity contribution >= 4 is 5.97 Å². The van der Waals surface area contributed by atoms with E-state index in [1.165, 1.54) is 18.2 Å². The third-order valence-electron chi connectivity index (χ3n) is 1.56. The van der Waals surface area contributed by atoms with Gasteiger partial charge in [-0.2, -0.15) is 5.26 Å². The van der Waals surface area contributed by atoms with Crippen LogP contribution in [0.2, 0.25) is 0 Å². The van der Waals surface area contributed by atoms with Gasteiger partial charge in [0.1, 0.15) is 5.75 Å². The van der Waals surface area contributed by atoms with E-state index in [-0.39, 0.29) is 23.5 Å². The molecule has 4 nitrogen and oxygen atoms in total. The van der Waals surface area contributed by atoms with Gasteiger partial charge in [0.25, 0.3) is 0 Å². The summed E-state index contributed by atoms with van der Waals surface area (Å²) in [5.74, 6) is -0.660. The maximum atomic E-state index is 11.2. The molecule has 0 unspecified atom stereocenters. The molecule has 1 N–H and O–H groups in total. The largest absolute Gasteiger partial charge is 0.508 e. The second-order valence-corrected chi connectivity index (χ2v) is 2.60. The second-order valence-electron chi connectivity index (χ2n) is 2.60. The minimum absolute atomic E-state index is 0.118. The summed E-state index contributed by atoms with van der Waals surface area (Å²) in [6.07, 6.45) is 0. The van der Waals surface area contributed by atoms with Gasteiger partial charge in [-0.15, -0.1) is 0 Å². The van der Waals surface area contributed by atoms with Crippen LogP contribution >= 0.6 is 0 Å². The monoisotopic (exact) mass is 191 g/mol. The first kappa shape index (κ1) is 10.1. The molecular formula is C10H9NO3. The Kier molecular flexibility index (Phi) is 3.08. The summed E-state index contributed by atoms with van der Waals surface area (Å²) in [4.78, 5) is 11.2. The quantitative estimate of drug-likeness (QED) is 0.718. The van der Waals surface area contributed by atoms with E-state index in [9.17, 15) is 9.90 Å². The van der Waals surface area contributed by atoms with Gasteiger partial charge in [0.2, 0.25) is 0 Å². The Hall–Kier alpha value is -2.02. The van der Waals surface area contributed by atoms with E-state index < -0.39 is 5.97 Å². The standard InChI is InChI=1S/C10H9NO3/c1-2-14-10(13)8-3-7(6-11)4-9(12)5-8/h3-5,12H,2H2,1H3. The highest BCUT2D eigenvalue weighted by Crippen LogP contribution is 2.15. The molecule has 1 aromatic carbocycles. The minimum Gasteiger partial charge on any atom is -0.508 e. The molecule has 0 bridgehead atoms. The summed E-state index contributed by atoms with van der Waals surface area (Å²) < 4.78 is 4.72. The fourth-order valence-electron chi connectivity index (χ4n) is 1.01.